The van der Waals surface area contributed by atoms with Crippen molar-refractivity contribution < 1.29 is 20.1 Å². The van der Waals surface area contributed by atoms with E-state index in [4.69, 9.17) is 27.9 Å². The van der Waals surface area contributed by atoms with Crippen molar-refractivity contribution in [1.82, 2.24) is 9.55 Å². The van der Waals surface area contributed by atoms with Gasteiger partial charge in [-0.2, -0.15) is 0 Å². The van der Waals surface area contributed by atoms with Crippen molar-refractivity contribution in [2.75, 3.05) is 12.4 Å². The summed E-state index contributed by atoms with van der Waals surface area (Å²) in [4.78, 5) is 4.51. The molecule has 0 saturated carbocycles. The second kappa shape index (κ2) is 7.21. The molecule has 1 aliphatic rings. The van der Waals surface area contributed by atoms with Gasteiger partial charge < -0.3 is 20.1 Å². The summed E-state index contributed by atoms with van der Waals surface area (Å²) in [5.74, 6) is 0.597. The van der Waals surface area contributed by atoms with Crippen molar-refractivity contribution in [3.8, 4) is 0 Å². The number of halogens is 2. The van der Waals surface area contributed by atoms with E-state index in [2.05, 4.69) is 11.6 Å². The number of aliphatic hydroxyl groups excluding tert-OH is 3. The molecule has 0 radical (unpaired) electrons. The summed E-state index contributed by atoms with van der Waals surface area (Å²) in [6.45, 7) is 3.28. The van der Waals surface area contributed by atoms with Gasteiger partial charge in [-0.1, -0.05) is 41.0 Å². The van der Waals surface area contributed by atoms with Crippen molar-refractivity contribution in [2.45, 2.75) is 29.7 Å². The van der Waals surface area contributed by atoms with E-state index in [1.165, 1.54) is 11.8 Å². The standard InChI is InChI=1S/C15H16Cl2N2O4S/c1-2-3-24-15-18-9-4-7(16)8(17)5-10(9)19(15)14-13(22)12(21)11(6-20)23-14/h2,4-5,11-14,20-22H,1,3,6H2. The predicted octanol–water partition coefficient (Wildman–Crippen LogP) is 2.23. The van der Waals surface area contributed by atoms with Gasteiger partial charge in [0, 0.05) is 5.75 Å². The molecular formula is C15H16Cl2N2O4S. The molecule has 6 nitrogen and oxygen atoms in total. The quantitative estimate of drug-likeness (QED) is 0.535. The third kappa shape index (κ3) is 3.06. The Morgan fingerprint density at radius 1 is 1.29 bits per heavy atom. The van der Waals surface area contributed by atoms with Crippen molar-refractivity contribution >= 4 is 46.0 Å². The third-order valence-electron chi connectivity index (χ3n) is 3.80. The van der Waals surface area contributed by atoms with Crippen LogP contribution in [0.4, 0.5) is 0 Å². The lowest BCUT2D eigenvalue weighted by Gasteiger charge is -2.19. The van der Waals surface area contributed by atoms with Crippen LogP contribution in [0.2, 0.25) is 10.0 Å². The normalized spacial score (nSPS) is 27.0. The second-order valence-electron chi connectivity index (χ2n) is 5.35. The summed E-state index contributed by atoms with van der Waals surface area (Å²) >= 11 is 13.6. The molecule has 4 atom stereocenters. The lowest BCUT2D eigenvalue weighted by atomic mass is 10.1. The fourth-order valence-corrected chi connectivity index (χ4v) is 3.73. The zero-order valence-electron chi connectivity index (χ0n) is 12.5. The Morgan fingerprint density at radius 2 is 2.00 bits per heavy atom. The molecule has 1 saturated heterocycles. The number of benzene rings is 1. The molecule has 0 spiro atoms. The zero-order chi connectivity index (χ0) is 17.4. The number of aliphatic hydroxyl groups is 3. The number of fused-ring (bicyclic) bond motifs is 1. The molecule has 0 amide bonds. The molecule has 1 aromatic heterocycles. The number of thioether (sulfide) groups is 1. The Bertz CT molecular complexity index is 770. The van der Waals surface area contributed by atoms with Crippen LogP contribution in [0, 0.1) is 0 Å². The van der Waals surface area contributed by atoms with Gasteiger partial charge in [-0.15, -0.1) is 6.58 Å². The van der Waals surface area contributed by atoms with Gasteiger partial charge in [0.15, 0.2) is 11.4 Å². The van der Waals surface area contributed by atoms with Gasteiger partial charge in [-0.05, 0) is 12.1 Å². The third-order valence-corrected chi connectivity index (χ3v) is 5.47. The smallest absolute Gasteiger partial charge is 0.171 e. The molecule has 0 aliphatic carbocycles. The predicted molar refractivity (Wildman–Crippen MR) is 93.7 cm³/mol. The molecular weight excluding hydrogens is 375 g/mol. The van der Waals surface area contributed by atoms with Crippen molar-refractivity contribution in [3.05, 3.63) is 34.8 Å². The highest BCUT2D eigenvalue weighted by molar-refractivity contribution is 7.99. The van der Waals surface area contributed by atoms with Crippen LogP contribution >= 0.6 is 35.0 Å². The zero-order valence-corrected chi connectivity index (χ0v) is 14.8. The minimum atomic E-state index is -1.21. The topological polar surface area (TPSA) is 87.7 Å². The molecule has 4 unspecified atom stereocenters. The molecule has 2 heterocycles. The van der Waals surface area contributed by atoms with Crippen LogP contribution in [0.5, 0.6) is 0 Å². The Morgan fingerprint density at radius 3 is 2.62 bits per heavy atom. The molecule has 9 heteroatoms. The van der Waals surface area contributed by atoms with Crippen molar-refractivity contribution in [1.29, 1.82) is 0 Å². The number of rotatable bonds is 5. The van der Waals surface area contributed by atoms with Gasteiger partial charge in [0.25, 0.3) is 0 Å². The highest BCUT2D eigenvalue weighted by Gasteiger charge is 2.44. The van der Waals surface area contributed by atoms with Crippen LogP contribution in [-0.2, 0) is 4.74 Å². The van der Waals surface area contributed by atoms with Gasteiger partial charge in [0.1, 0.15) is 18.3 Å². The van der Waals surface area contributed by atoms with E-state index in [0.29, 0.717) is 32.0 Å². The number of hydrogen-bond acceptors (Lipinski definition) is 6. The summed E-state index contributed by atoms with van der Waals surface area (Å²) in [6.07, 6.45) is -2.45. The largest absolute Gasteiger partial charge is 0.394 e. The van der Waals surface area contributed by atoms with Crippen LogP contribution < -0.4 is 0 Å². The maximum absolute atomic E-state index is 10.3. The Hall–Kier alpha value is -0.800. The van der Waals surface area contributed by atoms with E-state index >= 15 is 0 Å². The first-order valence-electron chi connectivity index (χ1n) is 7.21. The second-order valence-corrected chi connectivity index (χ2v) is 7.15. The van der Waals surface area contributed by atoms with E-state index in [1.807, 2.05) is 0 Å². The molecule has 130 valence electrons. The molecule has 1 fully saturated rings. The maximum Gasteiger partial charge on any atom is 0.171 e. The summed E-state index contributed by atoms with van der Waals surface area (Å²) in [5.41, 5.74) is 1.21. The number of hydrogen-bond donors (Lipinski definition) is 3. The van der Waals surface area contributed by atoms with E-state index in [1.54, 1.807) is 22.8 Å². The van der Waals surface area contributed by atoms with Gasteiger partial charge in [0.05, 0.1) is 27.7 Å². The lowest BCUT2D eigenvalue weighted by Crippen LogP contribution is -2.33. The average Bonchev–Trinajstić information content (AvgIpc) is 3.04. The minimum Gasteiger partial charge on any atom is -0.394 e. The Kier molecular flexibility index (Phi) is 5.41. The first-order chi connectivity index (χ1) is 11.5. The number of ether oxygens (including phenoxy) is 1. The summed E-state index contributed by atoms with van der Waals surface area (Å²) < 4.78 is 7.30. The maximum atomic E-state index is 10.3. The van der Waals surface area contributed by atoms with E-state index in [-0.39, 0.29) is 0 Å². The first kappa shape index (κ1) is 18.0. The molecule has 3 N–H and O–H groups in total. The lowest BCUT2D eigenvalue weighted by molar-refractivity contribution is -0.0545. The average molecular weight is 391 g/mol. The number of aromatic nitrogens is 2. The van der Waals surface area contributed by atoms with E-state index < -0.39 is 31.1 Å². The van der Waals surface area contributed by atoms with Crippen LogP contribution in [0.3, 0.4) is 0 Å². The SMILES string of the molecule is C=CCSc1nc2cc(Cl)c(Cl)cc2n1C1OC(CO)C(O)C1O. The molecule has 1 aliphatic heterocycles. The van der Waals surface area contributed by atoms with E-state index in [0.717, 1.165) is 0 Å². The molecule has 2 aromatic rings. The van der Waals surface area contributed by atoms with E-state index in [9.17, 15) is 15.3 Å². The highest BCUT2D eigenvalue weighted by Crippen LogP contribution is 2.38. The summed E-state index contributed by atoms with van der Waals surface area (Å²) in [7, 11) is 0. The minimum absolute atomic E-state index is 0.345. The number of imidazole rings is 1. The van der Waals surface area contributed by atoms with Gasteiger partial charge in [-0.3, -0.25) is 4.57 Å². The van der Waals surface area contributed by atoms with Gasteiger partial charge in [-0.25, -0.2) is 4.98 Å². The molecule has 3 rings (SSSR count). The van der Waals surface area contributed by atoms with Crippen LogP contribution in [0.15, 0.2) is 29.9 Å². The van der Waals surface area contributed by atoms with Crippen molar-refractivity contribution in [3.63, 3.8) is 0 Å². The molecule has 0 bridgehead atoms. The fraction of sp³-hybridized carbons (Fsp3) is 0.400. The summed E-state index contributed by atoms with van der Waals surface area (Å²) in [6, 6.07) is 3.27. The van der Waals surface area contributed by atoms with Gasteiger partial charge >= 0.3 is 0 Å². The Balaban J connectivity index is 2.13. The highest BCUT2D eigenvalue weighted by atomic mass is 35.5. The van der Waals surface area contributed by atoms with Crippen molar-refractivity contribution in [2.24, 2.45) is 0 Å². The number of nitrogens with zero attached hydrogens (tertiary/aromatic N) is 2. The molecule has 24 heavy (non-hydrogen) atoms. The first-order valence-corrected chi connectivity index (χ1v) is 8.95. The van der Waals surface area contributed by atoms with Crippen LogP contribution in [-0.4, -0.2) is 55.5 Å². The van der Waals surface area contributed by atoms with Crippen LogP contribution in [0.25, 0.3) is 11.0 Å². The molecule has 1 aromatic carbocycles. The van der Waals surface area contributed by atoms with Gasteiger partial charge in [0.2, 0.25) is 0 Å². The summed E-state index contributed by atoms with van der Waals surface area (Å²) in [5, 5.41) is 30.9. The Labute approximate surface area is 152 Å². The fourth-order valence-electron chi connectivity index (χ4n) is 2.64. The monoisotopic (exact) mass is 390 g/mol. The van der Waals surface area contributed by atoms with Crippen LogP contribution in [0.1, 0.15) is 6.23 Å².